The van der Waals surface area contributed by atoms with Gasteiger partial charge in [-0.2, -0.15) is 5.10 Å². The summed E-state index contributed by atoms with van der Waals surface area (Å²) in [7, 11) is 0. The highest BCUT2D eigenvalue weighted by atomic mass is 32.1. The van der Waals surface area contributed by atoms with E-state index in [4.69, 9.17) is 18.0 Å². The van der Waals surface area contributed by atoms with Gasteiger partial charge in [0, 0.05) is 12.6 Å². The number of hydrogen-bond acceptors (Lipinski definition) is 4. The van der Waals surface area contributed by atoms with Crippen LogP contribution in [0.1, 0.15) is 55.8 Å². The van der Waals surface area contributed by atoms with Gasteiger partial charge in [0.15, 0.2) is 5.82 Å². The fourth-order valence-electron chi connectivity index (χ4n) is 2.97. The molecule has 1 aromatic rings. The summed E-state index contributed by atoms with van der Waals surface area (Å²) < 4.78 is 0. The molecular formula is C15H24N4S. The lowest BCUT2D eigenvalue weighted by molar-refractivity contribution is 0.549. The summed E-state index contributed by atoms with van der Waals surface area (Å²) in [5.74, 6) is 0.884. The van der Waals surface area contributed by atoms with E-state index in [0.29, 0.717) is 11.0 Å². The molecule has 1 aliphatic rings. The van der Waals surface area contributed by atoms with Gasteiger partial charge in [0.1, 0.15) is 4.99 Å². The Labute approximate surface area is 126 Å². The van der Waals surface area contributed by atoms with Gasteiger partial charge in [0.25, 0.3) is 0 Å². The van der Waals surface area contributed by atoms with E-state index < -0.39 is 0 Å². The number of aromatic nitrogens is 2. The van der Waals surface area contributed by atoms with Gasteiger partial charge >= 0.3 is 0 Å². The zero-order valence-electron chi connectivity index (χ0n) is 12.6. The fraction of sp³-hybridized carbons (Fsp3) is 0.667. The average molecular weight is 292 g/mol. The van der Waals surface area contributed by atoms with Gasteiger partial charge in [-0.25, -0.2) is 0 Å². The largest absolute Gasteiger partial charge is 0.389 e. The van der Waals surface area contributed by atoms with Crippen molar-refractivity contribution in [2.24, 2.45) is 5.73 Å². The van der Waals surface area contributed by atoms with E-state index in [9.17, 15) is 0 Å². The quantitative estimate of drug-likeness (QED) is 0.868. The van der Waals surface area contributed by atoms with E-state index in [2.05, 4.69) is 22.0 Å². The molecule has 1 atom stereocenters. The molecule has 4 nitrogen and oxygen atoms in total. The first-order valence-electron chi connectivity index (χ1n) is 7.46. The number of anilines is 1. The maximum absolute atomic E-state index is 5.95. The van der Waals surface area contributed by atoms with Gasteiger partial charge < -0.3 is 10.6 Å². The minimum Gasteiger partial charge on any atom is -0.389 e. The van der Waals surface area contributed by atoms with E-state index in [1.165, 1.54) is 25.7 Å². The van der Waals surface area contributed by atoms with E-state index >= 15 is 0 Å². The van der Waals surface area contributed by atoms with Gasteiger partial charge in [-0.15, -0.1) is 5.10 Å². The maximum atomic E-state index is 5.95. The Bertz CT molecular complexity index is 501. The van der Waals surface area contributed by atoms with Crippen molar-refractivity contribution in [1.82, 2.24) is 10.2 Å². The predicted molar refractivity (Wildman–Crippen MR) is 87.3 cm³/mol. The molecule has 2 heterocycles. The topological polar surface area (TPSA) is 55.0 Å². The molecule has 0 amide bonds. The second kappa shape index (κ2) is 6.48. The Hall–Kier alpha value is -1.23. The molecule has 110 valence electrons. The number of hydrogen-bond donors (Lipinski definition) is 1. The molecule has 2 N–H and O–H groups in total. The first-order chi connectivity index (χ1) is 9.56. The molecule has 0 spiro atoms. The zero-order valence-corrected chi connectivity index (χ0v) is 13.5. The van der Waals surface area contributed by atoms with Crippen molar-refractivity contribution in [1.29, 1.82) is 0 Å². The van der Waals surface area contributed by atoms with Crippen molar-refractivity contribution in [2.45, 2.75) is 58.9 Å². The van der Waals surface area contributed by atoms with Crippen LogP contribution in [0.5, 0.6) is 0 Å². The molecule has 0 radical (unpaired) electrons. The summed E-state index contributed by atoms with van der Waals surface area (Å²) >= 11 is 5.26. The first kappa shape index (κ1) is 15.2. The van der Waals surface area contributed by atoms with Crippen LogP contribution in [-0.4, -0.2) is 27.8 Å². The van der Waals surface area contributed by atoms with Crippen molar-refractivity contribution < 1.29 is 0 Å². The maximum Gasteiger partial charge on any atom is 0.162 e. The van der Waals surface area contributed by atoms with Crippen LogP contribution in [0.2, 0.25) is 0 Å². The standard InChI is InChI=1S/C15H24N4S/c1-4-12-8-6-5-7-9-19(12)15-13(14(16)20)10(2)11(3)17-18-15/h12H,4-9H2,1-3H3,(H2,16,20). The third-order valence-corrected chi connectivity index (χ3v) is 4.51. The SMILES string of the molecule is CCC1CCCCCN1c1nnc(C)c(C)c1C(N)=S. The molecule has 0 bridgehead atoms. The molecule has 0 saturated carbocycles. The zero-order chi connectivity index (χ0) is 14.7. The molecule has 0 aromatic carbocycles. The Morgan fingerprint density at radius 3 is 2.70 bits per heavy atom. The second-order valence-corrected chi connectivity index (χ2v) is 6.02. The number of rotatable bonds is 3. The van der Waals surface area contributed by atoms with Crippen LogP contribution in [0, 0.1) is 13.8 Å². The minimum absolute atomic E-state index is 0.426. The fourth-order valence-corrected chi connectivity index (χ4v) is 3.22. The molecule has 1 aliphatic heterocycles. The summed E-state index contributed by atoms with van der Waals surface area (Å²) in [4.78, 5) is 2.80. The first-order valence-corrected chi connectivity index (χ1v) is 7.87. The second-order valence-electron chi connectivity index (χ2n) is 5.58. The number of nitrogens with zero attached hydrogens (tertiary/aromatic N) is 3. The minimum atomic E-state index is 0.426. The molecule has 1 unspecified atom stereocenters. The highest BCUT2D eigenvalue weighted by molar-refractivity contribution is 7.80. The molecule has 0 aliphatic carbocycles. The van der Waals surface area contributed by atoms with Crippen LogP contribution in [-0.2, 0) is 0 Å². The summed E-state index contributed by atoms with van der Waals surface area (Å²) in [6, 6.07) is 0.516. The third kappa shape index (κ3) is 2.92. The van der Waals surface area contributed by atoms with Crippen LogP contribution >= 0.6 is 12.2 Å². The predicted octanol–water partition coefficient (Wildman–Crippen LogP) is 2.89. The number of aryl methyl sites for hydroxylation is 1. The Kier molecular flexibility index (Phi) is 4.91. The smallest absolute Gasteiger partial charge is 0.162 e. The highest BCUT2D eigenvalue weighted by Crippen LogP contribution is 2.29. The molecular weight excluding hydrogens is 268 g/mol. The molecule has 2 rings (SSSR count). The van der Waals surface area contributed by atoms with Crippen molar-refractivity contribution in [3.05, 3.63) is 16.8 Å². The monoisotopic (exact) mass is 292 g/mol. The number of thiocarbonyl (C=S) groups is 1. The van der Waals surface area contributed by atoms with E-state index in [1.807, 2.05) is 13.8 Å². The van der Waals surface area contributed by atoms with Crippen molar-refractivity contribution in [3.63, 3.8) is 0 Å². The summed E-state index contributed by atoms with van der Waals surface area (Å²) in [6.07, 6.45) is 6.10. The summed E-state index contributed by atoms with van der Waals surface area (Å²) in [6.45, 7) is 7.23. The Balaban J connectivity index is 2.49. The molecule has 1 aromatic heterocycles. The lowest BCUT2D eigenvalue weighted by Gasteiger charge is -2.32. The van der Waals surface area contributed by atoms with Crippen molar-refractivity contribution in [2.75, 3.05) is 11.4 Å². The van der Waals surface area contributed by atoms with E-state index in [0.717, 1.165) is 35.6 Å². The van der Waals surface area contributed by atoms with Gasteiger partial charge in [0.2, 0.25) is 0 Å². The van der Waals surface area contributed by atoms with Crippen LogP contribution in [0.3, 0.4) is 0 Å². The van der Waals surface area contributed by atoms with Gasteiger partial charge in [-0.1, -0.05) is 32.0 Å². The lowest BCUT2D eigenvalue weighted by Crippen LogP contribution is -2.37. The van der Waals surface area contributed by atoms with Gasteiger partial charge in [-0.3, -0.25) is 0 Å². The highest BCUT2D eigenvalue weighted by Gasteiger charge is 2.25. The van der Waals surface area contributed by atoms with E-state index in [1.54, 1.807) is 0 Å². The lowest BCUT2D eigenvalue weighted by atomic mass is 10.0. The van der Waals surface area contributed by atoms with Crippen molar-refractivity contribution in [3.8, 4) is 0 Å². The number of nitrogens with two attached hydrogens (primary N) is 1. The van der Waals surface area contributed by atoms with Gasteiger partial charge in [-0.05, 0) is 38.7 Å². The molecule has 5 heteroatoms. The normalized spacial score (nSPS) is 19.8. The molecule has 1 fully saturated rings. The van der Waals surface area contributed by atoms with Crippen LogP contribution in [0.25, 0.3) is 0 Å². The Morgan fingerprint density at radius 2 is 2.05 bits per heavy atom. The third-order valence-electron chi connectivity index (χ3n) is 4.30. The van der Waals surface area contributed by atoms with Crippen LogP contribution in [0.4, 0.5) is 5.82 Å². The summed E-state index contributed by atoms with van der Waals surface area (Å²) in [5.41, 5.74) is 8.82. The average Bonchev–Trinajstić information content (AvgIpc) is 2.66. The molecule has 1 saturated heterocycles. The van der Waals surface area contributed by atoms with Gasteiger partial charge in [0.05, 0.1) is 11.3 Å². The molecule has 20 heavy (non-hydrogen) atoms. The van der Waals surface area contributed by atoms with E-state index in [-0.39, 0.29) is 0 Å². The van der Waals surface area contributed by atoms with Crippen LogP contribution < -0.4 is 10.6 Å². The Morgan fingerprint density at radius 1 is 1.30 bits per heavy atom. The van der Waals surface area contributed by atoms with Crippen LogP contribution in [0.15, 0.2) is 0 Å². The van der Waals surface area contributed by atoms with Crippen molar-refractivity contribution >= 4 is 23.0 Å². The summed E-state index contributed by atoms with van der Waals surface area (Å²) in [5, 5.41) is 8.72.